The van der Waals surface area contributed by atoms with Crippen LogP contribution in [0.4, 0.5) is 0 Å². The average Bonchev–Trinajstić information content (AvgIpc) is 2.85. The zero-order valence-electron chi connectivity index (χ0n) is 12.9. The van der Waals surface area contributed by atoms with E-state index >= 15 is 0 Å². The van der Waals surface area contributed by atoms with E-state index in [-0.39, 0.29) is 0 Å². The van der Waals surface area contributed by atoms with Gasteiger partial charge in [0.15, 0.2) is 11.5 Å². The first-order chi connectivity index (χ1) is 9.65. The van der Waals surface area contributed by atoms with E-state index in [1.807, 2.05) is 18.2 Å². The van der Waals surface area contributed by atoms with Gasteiger partial charge in [0.05, 0.1) is 6.61 Å². The van der Waals surface area contributed by atoms with Crippen molar-refractivity contribution in [3.63, 3.8) is 0 Å². The average molecular weight is 278 g/mol. The lowest BCUT2D eigenvalue weighted by molar-refractivity contribution is 0.173. The summed E-state index contributed by atoms with van der Waals surface area (Å²) in [5, 5.41) is 0. The maximum Gasteiger partial charge on any atom is 0.231 e. The van der Waals surface area contributed by atoms with Crippen LogP contribution in [-0.4, -0.2) is 13.4 Å². The van der Waals surface area contributed by atoms with Gasteiger partial charge in [-0.15, -0.1) is 0 Å². The van der Waals surface area contributed by atoms with Crippen molar-refractivity contribution in [2.45, 2.75) is 46.5 Å². The zero-order valence-corrected chi connectivity index (χ0v) is 12.9. The molecule has 1 atom stereocenters. The van der Waals surface area contributed by atoms with E-state index in [1.54, 1.807) is 0 Å². The van der Waals surface area contributed by atoms with Crippen LogP contribution in [-0.2, 0) is 0 Å². The number of ether oxygens (including phenoxy) is 3. The van der Waals surface area contributed by atoms with Crippen LogP contribution in [0.5, 0.6) is 17.2 Å². The van der Waals surface area contributed by atoms with Gasteiger partial charge >= 0.3 is 0 Å². The van der Waals surface area contributed by atoms with E-state index in [1.165, 1.54) is 19.3 Å². The van der Waals surface area contributed by atoms with Gasteiger partial charge in [-0.05, 0) is 30.4 Å². The monoisotopic (exact) mass is 278 g/mol. The molecule has 2 rings (SSSR count). The van der Waals surface area contributed by atoms with Gasteiger partial charge in [0.1, 0.15) is 5.75 Å². The quantitative estimate of drug-likeness (QED) is 0.693. The number of hydrogen-bond acceptors (Lipinski definition) is 3. The largest absolute Gasteiger partial charge is 0.493 e. The van der Waals surface area contributed by atoms with Crippen LogP contribution in [0.15, 0.2) is 18.2 Å². The minimum absolute atomic E-state index is 0.311. The number of rotatable bonds is 8. The normalized spacial score (nSPS) is 14.6. The summed E-state index contributed by atoms with van der Waals surface area (Å²) in [6.07, 6.45) is 5.05. The van der Waals surface area contributed by atoms with Crippen LogP contribution >= 0.6 is 0 Å². The highest BCUT2D eigenvalue weighted by Crippen LogP contribution is 2.35. The zero-order chi connectivity index (χ0) is 14.4. The molecule has 1 heterocycles. The standard InChI is InChI=1S/C17H26O3/c1-13(2)5-4-6-14(3)9-10-18-15-7-8-16-17(11-15)20-12-19-16/h7-8,11,13-14H,4-6,9-10,12H2,1-3H3. The lowest BCUT2D eigenvalue weighted by Gasteiger charge is -2.13. The molecule has 0 spiro atoms. The molecule has 0 aromatic heterocycles. The molecule has 112 valence electrons. The molecule has 1 aromatic carbocycles. The van der Waals surface area contributed by atoms with Crippen molar-refractivity contribution < 1.29 is 14.2 Å². The lowest BCUT2D eigenvalue weighted by Crippen LogP contribution is -2.04. The summed E-state index contributed by atoms with van der Waals surface area (Å²) < 4.78 is 16.4. The van der Waals surface area contributed by atoms with Gasteiger partial charge in [-0.2, -0.15) is 0 Å². The summed E-state index contributed by atoms with van der Waals surface area (Å²) in [5.41, 5.74) is 0. The first-order valence-electron chi connectivity index (χ1n) is 7.67. The molecule has 0 amide bonds. The van der Waals surface area contributed by atoms with Crippen LogP contribution in [0.2, 0.25) is 0 Å². The highest BCUT2D eigenvalue weighted by atomic mass is 16.7. The molecule has 0 N–H and O–H groups in total. The second-order valence-corrected chi connectivity index (χ2v) is 6.08. The van der Waals surface area contributed by atoms with E-state index in [0.29, 0.717) is 6.79 Å². The van der Waals surface area contributed by atoms with Crippen molar-refractivity contribution in [2.75, 3.05) is 13.4 Å². The Labute approximate surface area is 122 Å². The first-order valence-corrected chi connectivity index (χ1v) is 7.67. The van der Waals surface area contributed by atoms with Crippen LogP contribution in [0.3, 0.4) is 0 Å². The molecular formula is C17H26O3. The molecule has 1 aliphatic heterocycles. The second kappa shape index (κ2) is 7.41. The fourth-order valence-electron chi connectivity index (χ4n) is 2.36. The Morgan fingerprint density at radius 3 is 2.65 bits per heavy atom. The molecule has 1 aliphatic rings. The summed E-state index contributed by atoms with van der Waals surface area (Å²) in [5.74, 6) is 3.99. The Hall–Kier alpha value is -1.38. The predicted molar refractivity (Wildman–Crippen MR) is 80.5 cm³/mol. The third kappa shape index (κ3) is 4.62. The molecular weight excluding hydrogens is 252 g/mol. The summed E-state index contributed by atoms with van der Waals surface area (Å²) in [7, 11) is 0. The van der Waals surface area contributed by atoms with Crippen molar-refractivity contribution in [3.8, 4) is 17.2 Å². The maximum atomic E-state index is 5.79. The fourth-order valence-corrected chi connectivity index (χ4v) is 2.36. The molecule has 0 fully saturated rings. The van der Waals surface area contributed by atoms with Crippen LogP contribution in [0.25, 0.3) is 0 Å². The minimum Gasteiger partial charge on any atom is -0.493 e. The third-order valence-electron chi connectivity index (χ3n) is 3.70. The van der Waals surface area contributed by atoms with Crippen molar-refractivity contribution in [1.82, 2.24) is 0 Å². The van der Waals surface area contributed by atoms with Gasteiger partial charge < -0.3 is 14.2 Å². The van der Waals surface area contributed by atoms with E-state index < -0.39 is 0 Å². The van der Waals surface area contributed by atoms with Crippen LogP contribution in [0.1, 0.15) is 46.5 Å². The van der Waals surface area contributed by atoms with Crippen LogP contribution < -0.4 is 14.2 Å². The summed E-state index contributed by atoms with van der Waals surface area (Å²) in [4.78, 5) is 0. The molecule has 1 unspecified atom stereocenters. The Morgan fingerprint density at radius 1 is 1.05 bits per heavy atom. The minimum atomic E-state index is 0.311. The van der Waals surface area contributed by atoms with E-state index in [2.05, 4.69) is 20.8 Å². The smallest absolute Gasteiger partial charge is 0.231 e. The van der Waals surface area contributed by atoms with Crippen molar-refractivity contribution in [3.05, 3.63) is 18.2 Å². The molecule has 0 saturated carbocycles. The SMILES string of the molecule is CC(C)CCCC(C)CCOc1ccc2c(c1)OCO2. The van der Waals surface area contributed by atoms with E-state index in [4.69, 9.17) is 14.2 Å². The Morgan fingerprint density at radius 2 is 1.85 bits per heavy atom. The van der Waals surface area contributed by atoms with Gasteiger partial charge in [0, 0.05) is 6.07 Å². The Bertz CT molecular complexity index is 415. The fraction of sp³-hybridized carbons (Fsp3) is 0.647. The van der Waals surface area contributed by atoms with E-state index in [9.17, 15) is 0 Å². The Balaban J connectivity index is 1.65. The summed E-state index contributed by atoms with van der Waals surface area (Å²) in [6.45, 7) is 7.96. The predicted octanol–water partition coefficient (Wildman–Crippen LogP) is 4.65. The number of benzene rings is 1. The van der Waals surface area contributed by atoms with E-state index in [0.717, 1.165) is 42.1 Å². The highest BCUT2D eigenvalue weighted by Gasteiger charge is 2.13. The molecule has 3 heteroatoms. The molecule has 0 saturated heterocycles. The summed E-state index contributed by atoms with van der Waals surface area (Å²) >= 11 is 0. The van der Waals surface area contributed by atoms with Gasteiger partial charge in [-0.25, -0.2) is 0 Å². The number of fused-ring (bicyclic) bond motifs is 1. The topological polar surface area (TPSA) is 27.7 Å². The second-order valence-electron chi connectivity index (χ2n) is 6.08. The molecule has 20 heavy (non-hydrogen) atoms. The Kier molecular flexibility index (Phi) is 5.57. The van der Waals surface area contributed by atoms with Gasteiger partial charge in [0.25, 0.3) is 0 Å². The molecule has 1 aromatic rings. The molecule has 0 aliphatic carbocycles. The molecule has 3 nitrogen and oxygen atoms in total. The highest BCUT2D eigenvalue weighted by molar-refractivity contribution is 5.46. The van der Waals surface area contributed by atoms with Crippen molar-refractivity contribution >= 4 is 0 Å². The van der Waals surface area contributed by atoms with Crippen molar-refractivity contribution in [1.29, 1.82) is 0 Å². The molecule has 0 bridgehead atoms. The van der Waals surface area contributed by atoms with Crippen LogP contribution in [0, 0.1) is 11.8 Å². The third-order valence-corrected chi connectivity index (χ3v) is 3.70. The number of hydrogen-bond donors (Lipinski definition) is 0. The van der Waals surface area contributed by atoms with Gasteiger partial charge in [-0.1, -0.05) is 40.0 Å². The summed E-state index contributed by atoms with van der Waals surface area (Å²) in [6, 6.07) is 5.76. The van der Waals surface area contributed by atoms with Gasteiger partial charge in [-0.3, -0.25) is 0 Å². The maximum absolute atomic E-state index is 5.79. The lowest BCUT2D eigenvalue weighted by atomic mass is 9.98. The first kappa shape index (κ1) is 15.0. The molecule has 0 radical (unpaired) electrons. The van der Waals surface area contributed by atoms with Crippen molar-refractivity contribution in [2.24, 2.45) is 11.8 Å². The van der Waals surface area contributed by atoms with Gasteiger partial charge in [0.2, 0.25) is 6.79 Å².